The highest BCUT2D eigenvalue weighted by Gasteiger charge is 2.17. The van der Waals surface area contributed by atoms with E-state index in [0.29, 0.717) is 15.4 Å². The van der Waals surface area contributed by atoms with Crippen molar-refractivity contribution >= 4 is 38.0 Å². The lowest BCUT2D eigenvalue weighted by atomic mass is 10.2. The summed E-state index contributed by atoms with van der Waals surface area (Å²) in [6, 6.07) is 12.7. The summed E-state index contributed by atoms with van der Waals surface area (Å²) in [5.74, 6) is 0. The van der Waals surface area contributed by atoms with Crippen molar-refractivity contribution in [3.05, 3.63) is 53.0 Å². The number of pyridine rings is 1. The van der Waals surface area contributed by atoms with Crippen molar-refractivity contribution in [3.8, 4) is 0 Å². The molecule has 0 atom stereocenters. The van der Waals surface area contributed by atoms with Gasteiger partial charge in [0.15, 0.2) is 0 Å². The fraction of sp³-hybridized carbons (Fsp3) is 0.133. The Bertz CT molecular complexity index is 914. The zero-order valence-electron chi connectivity index (χ0n) is 11.6. The van der Waals surface area contributed by atoms with Gasteiger partial charge in [0, 0.05) is 16.0 Å². The Morgan fingerprint density at radius 3 is 2.57 bits per heavy atom. The molecule has 1 N–H and O–H groups in total. The smallest absolute Gasteiger partial charge is 0.271 e. The molecular formula is C15H14N2O2S2. The third-order valence-corrected chi connectivity index (χ3v) is 5.94. The monoisotopic (exact) mass is 318 g/mol. The van der Waals surface area contributed by atoms with Crippen LogP contribution in [0.1, 0.15) is 10.6 Å². The minimum absolute atomic E-state index is 0.310. The average Bonchev–Trinajstić information content (AvgIpc) is 2.87. The second-order valence-corrected chi connectivity index (χ2v) is 8.00. The Morgan fingerprint density at radius 1 is 1.05 bits per heavy atom. The van der Waals surface area contributed by atoms with Gasteiger partial charge in [-0.1, -0.05) is 18.2 Å². The van der Waals surface area contributed by atoms with Crippen molar-refractivity contribution in [2.24, 2.45) is 0 Å². The Hall–Kier alpha value is -1.92. The number of anilines is 1. The van der Waals surface area contributed by atoms with Gasteiger partial charge in [-0.15, -0.1) is 11.3 Å². The number of nitrogens with one attached hydrogen (secondary N) is 1. The summed E-state index contributed by atoms with van der Waals surface area (Å²) >= 11 is 1.25. The van der Waals surface area contributed by atoms with Gasteiger partial charge in [-0.2, -0.15) is 0 Å². The summed E-state index contributed by atoms with van der Waals surface area (Å²) in [7, 11) is -3.57. The van der Waals surface area contributed by atoms with E-state index in [1.54, 1.807) is 18.2 Å². The summed E-state index contributed by atoms with van der Waals surface area (Å²) in [6.45, 7) is 3.76. The highest BCUT2D eigenvalue weighted by Crippen LogP contribution is 2.27. The van der Waals surface area contributed by atoms with Crippen LogP contribution in [-0.2, 0) is 10.0 Å². The SMILES string of the molecule is Cc1ccc2cccc(NS(=O)(=O)c3ccc(C)s3)c2n1. The summed E-state index contributed by atoms with van der Waals surface area (Å²) in [5.41, 5.74) is 2.01. The van der Waals surface area contributed by atoms with Gasteiger partial charge in [0.1, 0.15) is 4.21 Å². The minimum atomic E-state index is -3.57. The second kappa shape index (κ2) is 5.13. The van der Waals surface area contributed by atoms with Gasteiger partial charge in [-0.3, -0.25) is 9.71 Å². The van der Waals surface area contributed by atoms with Crippen LogP contribution < -0.4 is 4.72 Å². The third-order valence-electron chi connectivity index (χ3n) is 3.08. The lowest BCUT2D eigenvalue weighted by molar-refractivity contribution is 0.603. The molecule has 1 aromatic carbocycles. The fourth-order valence-electron chi connectivity index (χ4n) is 2.08. The molecule has 2 heterocycles. The zero-order valence-corrected chi connectivity index (χ0v) is 13.3. The van der Waals surface area contributed by atoms with Crippen LogP contribution in [0.15, 0.2) is 46.7 Å². The molecule has 0 radical (unpaired) electrons. The molecule has 0 fully saturated rings. The molecule has 0 amide bonds. The maximum atomic E-state index is 12.4. The molecule has 0 unspecified atom stereocenters. The minimum Gasteiger partial charge on any atom is -0.277 e. The Kier molecular flexibility index (Phi) is 3.43. The molecule has 108 valence electrons. The second-order valence-electron chi connectivity index (χ2n) is 4.80. The number of rotatable bonds is 3. The normalized spacial score (nSPS) is 11.7. The maximum absolute atomic E-state index is 12.4. The Morgan fingerprint density at radius 2 is 1.86 bits per heavy atom. The van der Waals surface area contributed by atoms with E-state index in [1.165, 1.54) is 11.3 Å². The first kappa shape index (κ1) is 14.0. The van der Waals surface area contributed by atoms with Crippen LogP contribution in [0.25, 0.3) is 10.9 Å². The van der Waals surface area contributed by atoms with E-state index in [2.05, 4.69) is 9.71 Å². The first-order chi connectivity index (χ1) is 9.95. The Balaban J connectivity index is 2.08. The topological polar surface area (TPSA) is 59.1 Å². The van der Waals surface area contributed by atoms with E-state index < -0.39 is 10.0 Å². The van der Waals surface area contributed by atoms with Crippen LogP contribution in [0.3, 0.4) is 0 Å². The number of hydrogen-bond donors (Lipinski definition) is 1. The third kappa shape index (κ3) is 2.77. The average molecular weight is 318 g/mol. The number of aryl methyl sites for hydroxylation is 2. The number of hydrogen-bond acceptors (Lipinski definition) is 4. The molecular weight excluding hydrogens is 304 g/mol. The van der Waals surface area contributed by atoms with Gasteiger partial charge in [0.05, 0.1) is 11.2 Å². The summed E-state index contributed by atoms with van der Waals surface area (Å²) in [4.78, 5) is 5.40. The quantitative estimate of drug-likeness (QED) is 0.801. The van der Waals surface area contributed by atoms with E-state index >= 15 is 0 Å². The van der Waals surface area contributed by atoms with Crippen molar-refractivity contribution in [2.75, 3.05) is 4.72 Å². The molecule has 2 aromatic heterocycles. The van der Waals surface area contributed by atoms with Gasteiger partial charge < -0.3 is 0 Å². The number of para-hydroxylation sites is 1. The van der Waals surface area contributed by atoms with E-state index in [1.807, 2.05) is 38.1 Å². The summed E-state index contributed by atoms with van der Waals surface area (Å²) in [6.07, 6.45) is 0. The number of aromatic nitrogens is 1. The van der Waals surface area contributed by atoms with Crippen molar-refractivity contribution in [3.63, 3.8) is 0 Å². The number of nitrogens with zero attached hydrogens (tertiary/aromatic N) is 1. The van der Waals surface area contributed by atoms with Crippen LogP contribution in [0, 0.1) is 13.8 Å². The highest BCUT2D eigenvalue weighted by molar-refractivity contribution is 7.94. The lowest BCUT2D eigenvalue weighted by Crippen LogP contribution is -2.12. The molecule has 0 saturated heterocycles. The van der Waals surface area contributed by atoms with Crippen LogP contribution in [0.4, 0.5) is 5.69 Å². The number of thiophene rings is 1. The lowest BCUT2D eigenvalue weighted by Gasteiger charge is -2.09. The molecule has 4 nitrogen and oxygen atoms in total. The molecule has 6 heteroatoms. The molecule has 0 aliphatic heterocycles. The van der Waals surface area contributed by atoms with Crippen LogP contribution in [-0.4, -0.2) is 13.4 Å². The van der Waals surface area contributed by atoms with Crippen molar-refractivity contribution in [2.45, 2.75) is 18.1 Å². The van der Waals surface area contributed by atoms with Crippen molar-refractivity contribution in [1.29, 1.82) is 0 Å². The fourth-order valence-corrected chi connectivity index (χ4v) is 4.43. The predicted octanol–water partition coefficient (Wildman–Crippen LogP) is 3.71. The van der Waals surface area contributed by atoms with Crippen molar-refractivity contribution < 1.29 is 8.42 Å². The van der Waals surface area contributed by atoms with Gasteiger partial charge in [0.25, 0.3) is 10.0 Å². The molecule has 0 aliphatic carbocycles. The van der Waals surface area contributed by atoms with Gasteiger partial charge in [-0.25, -0.2) is 8.42 Å². The Labute approximate surface area is 127 Å². The molecule has 0 saturated carbocycles. The van der Waals surface area contributed by atoms with Gasteiger partial charge in [0.2, 0.25) is 0 Å². The summed E-state index contributed by atoms with van der Waals surface area (Å²) < 4.78 is 27.8. The van der Waals surface area contributed by atoms with Crippen LogP contribution in [0.5, 0.6) is 0 Å². The van der Waals surface area contributed by atoms with Crippen LogP contribution in [0.2, 0.25) is 0 Å². The van der Waals surface area contributed by atoms with E-state index in [0.717, 1.165) is 16.0 Å². The molecule has 0 bridgehead atoms. The van der Waals surface area contributed by atoms with Gasteiger partial charge in [-0.05, 0) is 38.1 Å². The number of sulfonamides is 1. The maximum Gasteiger partial charge on any atom is 0.271 e. The summed E-state index contributed by atoms with van der Waals surface area (Å²) in [5, 5.41) is 0.906. The molecule has 3 rings (SSSR count). The largest absolute Gasteiger partial charge is 0.277 e. The first-order valence-electron chi connectivity index (χ1n) is 6.41. The number of fused-ring (bicyclic) bond motifs is 1. The number of benzene rings is 1. The molecule has 21 heavy (non-hydrogen) atoms. The standard InChI is InChI=1S/C15H14N2O2S2/c1-10-6-8-12-4-3-5-13(15(12)16-10)17-21(18,19)14-9-7-11(2)20-14/h3-9,17H,1-2H3. The van der Waals surface area contributed by atoms with Gasteiger partial charge >= 0.3 is 0 Å². The first-order valence-corrected chi connectivity index (χ1v) is 8.71. The zero-order chi connectivity index (χ0) is 15.0. The predicted molar refractivity (Wildman–Crippen MR) is 86.3 cm³/mol. The van der Waals surface area contributed by atoms with Crippen LogP contribution >= 0.6 is 11.3 Å². The highest BCUT2D eigenvalue weighted by atomic mass is 32.2. The van der Waals surface area contributed by atoms with E-state index in [9.17, 15) is 8.42 Å². The van der Waals surface area contributed by atoms with E-state index in [-0.39, 0.29) is 0 Å². The molecule has 0 aliphatic rings. The molecule has 0 spiro atoms. The molecule has 3 aromatic rings. The van der Waals surface area contributed by atoms with Crippen molar-refractivity contribution in [1.82, 2.24) is 4.98 Å². The van der Waals surface area contributed by atoms with E-state index in [4.69, 9.17) is 0 Å².